The zero-order valence-corrected chi connectivity index (χ0v) is 18.1. The molecule has 6 nitrogen and oxygen atoms in total. The van der Waals surface area contributed by atoms with Crippen LogP contribution in [-0.2, 0) is 9.53 Å². The van der Waals surface area contributed by atoms with Crippen molar-refractivity contribution in [3.05, 3.63) is 29.8 Å². The van der Waals surface area contributed by atoms with Gasteiger partial charge in [0.25, 0.3) is 5.91 Å². The first-order valence-corrected chi connectivity index (χ1v) is 11.8. The lowest BCUT2D eigenvalue weighted by Crippen LogP contribution is -2.47. The summed E-state index contributed by atoms with van der Waals surface area (Å²) in [6, 6.07) is 7.99. The second-order valence-corrected chi connectivity index (χ2v) is 8.88. The van der Waals surface area contributed by atoms with Crippen LogP contribution in [0.25, 0.3) is 0 Å². The van der Waals surface area contributed by atoms with E-state index in [4.69, 9.17) is 4.74 Å². The molecule has 29 heavy (non-hydrogen) atoms. The number of hydrogen-bond donors (Lipinski definition) is 2. The summed E-state index contributed by atoms with van der Waals surface area (Å²) in [6.07, 6.45) is 5.24. The smallest absolute Gasteiger partial charge is 0.252 e. The Balaban J connectivity index is 1.45. The molecule has 0 radical (unpaired) electrons. The lowest BCUT2D eigenvalue weighted by Gasteiger charge is -2.32. The second kappa shape index (κ2) is 11.6. The van der Waals surface area contributed by atoms with E-state index in [2.05, 4.69) is 15.5 Å². The van der Waals surface area contributed by atoms with E-state index in [-0.39, 0.29) is 17.9 Å². The fourth-order valence-electron chi connectivity index (χ4n) is 3.76. The molecule has 1 aromatic rings. The van der Waals surface area contributed by atoms with Crippen LogP contribution in [0.15, 0.2) is 29.2 Å². The molecule has 0 bridgehead atoms. The summed E-state index contributed by atoms with van der Waals surface area (Å²) in [6.45, 7) is 5.75. The monoisotopic (exact) mass is 419 g/mol. The fourth-order valence-corrected chi connectivity index (χ4v) is 4.88. The van der Waals surface area contributed by atoms with E-state index in [9.17, 15) is 9.59 Å². The number of carbonyl (C=O) groups excluding carboxylic acids is 2. The molecule has 0 saturated carbocycles. The van der Waals surface area contributed by atoms with Gasteiger partial charge < -0.3 is 15.4 Å². The Morgan fingerprint density at radius 2 is 2.00 bits per heavy atom. The standard InChI is InChI=1S/C22H33N3O3S/c1-2-11-23-21(26)15-25-12-9-17(10-13-25)24-22(27)19-7-3-4-8-20(19)29-16-18-6-5-14-28-18/h3-4,7-8,17-18H,2,5-6,9-16H2,1H3,(H,23,26)(H,24,27). The van der Waals surface area contributed by atoms with E-state index < -0.39 is 0 Å². The highest BCUT2D eigenvalue weighted by Gasteiger charge is 2.24. The molecular weight excluding hydrogens is 386 g/mol. The number of amides is 2. The minimum absolute atomic E-state index is 0.000390. The van der Waals surface area contributed by atoms with E-state index in [1.165, 1.54) is 0 Å². The molecule has 0 aliphatic carbocycles. The Bertz CT molecular complexity index is 671. The molecule has 0 aromatic heterocycles. The van der Waals surface area contributed by atoms with Crippen molar-refractivity contribution in [3.63, 3.8) is 0 Å². The molecule has 0 spiro atoms. The lowest BCUT2D eigenvalue weighted by atomic mass is 10.0. The van der Waals surface area contributed by atoms with Gasteiger partial charge in [-0.1, -0.05) is 19.1 Å². The van der Waals surface area contributed by atoms with Crippen LogP contribution in [0.1, 0.15) is 49.4 Å². The van der Waals surface area contributed by atoms with Gasteiger partial charge in [0.1, 0.15) is 0 Å². The topological polar surface area (TPSA) is 70.7 Å². The molecule has 2 amide bonds. The van der Waals surface area contributed by atoms with Crippen LogP contribution >= 0.6 is 11.8 Å². The molecule has 7 heteroatoms. The van der Waals surface area contributed by atoms with E-state index in [0.717, 1.165) is 74.6 Å². The van der Waals surface area contributed by atoms with Crippen LogP contribution in [-0.4, -0.2) is 67.4 Å². The molecule has 2 N–H and O–H groups in total. The van der Waals surface area contributed by atoms with Crippen LogP contribution in [0.3, 0.4) is 0 Å². The number of carbonyl (C=O) groups is 2. The third-order valence-electron chi connectivity index (χ3n) is 5.44. The van der Waals surface area contributed by atoms with Crippen molar-refractivity contribution in [1.82, 2.24) is 15.5 Å². The molecule has 2 aliphatic rings. The zero-order chi connectivity index (χ0) is 20.5. The third kappa shape index (κ3) is 7.01. The maximum atomic E-state index is 12.9. The summed E-state index contributed by atoms with van der Waals surface area (Å²) in [5.74, 6) is 0.981. The molecular formula is C22H33N3O3S. The average molecular weight is 420 g/mol. The highest BCUT2D eigenvalue weighted by atomic mass is 32.2. The van der Waals surface area contributed by atoms with Gasteiger partial charge in [0.15, 0.2) is 0 Å². The molecule has 1 unspecified atom stereocenters. The molecule has 3 rings (SSSR count). The highest BCUT2D eigenvalue weighted by Crippen LogP contribution is 2.27. The van der Waals surface area contributed by atoms with Crippen molar-refractivity contribution in [1.29, 1.82) is 0 Å². The van der Waals surface area contributed by atoms with Crippen molar-refractivity contribution < 1.29 is 14.3 Å². The normalized spacial score (nSPS) is 20.5. The van der Waals surface area contributed by atoms with Gasteiger partial charge in [-0.2, -0.15) is 0 Å². The lowest BCUT2D eigenvalue weighted by molar-refractivity contribution is -0.122. The number of piperidine rings is 1. The first-order chi connectivity index (χ1) is 14.2. The number of thioether (sulfide) groups is 1. The van der Waals surface area contributed by atoms with Gasteiger partial charge in [0, 0.05) is 42.9 Å². The maximum Gasteiger partial charge on any atom is 0.252 e. The third-order valence-corrected chi connectivity index (χ3v) is 6.65. The van der Waals surface area contributed by atoms with Crippen LogP contribution in [0.4, 0.5) is 0 Å². The molecule has 1 aromatic carbocycles. The molecule has 2 aliphatic heterocycles. The predicted molar refractivity (Wildman–Crippen MR) is 116 cm³/mol. The van der Waals surface area contributed by atoms with Crippen LogP contribution < -0.4 is 10.6 Å². The Morgan fingerprint density at radius 3 is 2.72 bits per heavy atom. The number of nitrogens with zero attached hydrogens (tertiary/aromatic N) is 1. The maximum absolute atomic E-state index is 12.9. The largest absolute Gasteiger partial charge is 0.377 e. The molecule has 1 atom stereocenters. The Hall–Kier alpha value is -1.57. The second-order valence-electron chi connectivity index (χ2n) is 7.82. The number of benzene rings is 1. The van der Waals surface area contributed by atoms with E-state index in [0.29, 0.717) is 12.6 Å². The SMILES string of the molecule is CCCNC(=O)CN1CCC(NC(=O)c2ccccc2SCC2CCCO2)CC1. The Morgan fingerprint density at radius 1 is 1.21 bits per heavy atom. The van der Waals surface area contributed by atoms with Crippen molar-refractivity contribution in [3.8, 4) is 0 Å². The van der Waals surface area contributed by atoms with Gasteiger partial charge in [0.2, 0.25) is 5.91 Å². The van der Waals surface area contributed by atoms with Crippen LogP contribution in [0.2, 0.25) is 0 Å². The number of ether oxygens (including phenoxy) is 1. The van der Waals surface area contributed by atoms with E-state index in [1.807, 2.05) is 31.2 Å². The number of rotatable bonds is 9. The summed E-state index contributed by atoms with van der Waals surface area (Å²) in [7, 11) is 0. The van der Waals surface area contributed by atoms with E-state index in [1.54, 1.807) is 11.8 Å². The van der Waals surface area contributed by atoms with Gasteiger partial charge in [-0.25, -0.2) is 0 Å². The molecule has 2 heterocycles. The minimum Gasteiger partial charge on any atom is -0.377 e. The molecule has 2 fully saturated rings. The summed E-state index contributed by atoms with van der Waals surface area (Å²) >= 11 is 1.71. The molecule has 2 saturated heterocycles. The van der Waals surface area contributed by atoms with Crippen molar-refractivity contribution in [2.75, 3.05) is 38.5 Å². The van der Waals surface area contributed by atoms with E-state index >= 15 is 0 Å². The number of likely N-dealkylation sites (tertiary alicyclic amines) is 1. The Kier molecular flexibility index (Phi) is 8.83. The van der Waals surface area contributed by atoms with Crippen molar-refractivity contribution >= 4 is 23.6 Å². The van der Waals surface area contributed by atoms with Crippen molar-refractivity contribution in [2.24, 2.45) is 0 Å². The van der Waals surface area contributed by atoms with Gasteiger partial charge in [-0.15, -0.1) is 11.8 Å². The number of hydrogen-bond acceptors (Lipinski definition) is 5. The minimum atomic E-state index is -0.000390. The predicted octanol–water partition coefficient (Wildman–Crippen LogP) is 2.68. The zero-order valence-electron chi connectivity index (χ0n) is 17.3. The summed E-state index contributed by atoms with van der Waals surface area (Å²) in [5, 5.41) is 6.12. The van der Waals surface area contributed by atoms with Gasteiger partial charge in [-0.05, 0) is 44.2 Å². The summed E-state index contributed by atoms with van der Waals surface area (Å²) in [4.78, 5) is 27.9. The molecule has 160 valence electrons. The first-order valence-electron chi connectivity index (χ1n) is 10.8. The fraction of sp³-hybridized carbons (Fsp3) is 0.636. The van der Waals surface area contributed by atoms with Crippen molar-refractivity contribution in [2.45, 2.75) is 56.1 Å². The highest BCUT2D eigenvalue weighted by molar-refractivity contribution is 7.99. The number of nitrogens with one attached hydrogen (secondary N) is 2. The summed E-state index contributed by atoms with van der Waals surface area (Å²) in [5.41, 5.74) is 0.747. The quantitative estimate of drug-likeness (QED) is 0.602. The van der Waals surface area contributed by atoms with Crippen LogP contribution in [0, 0.1) is 0 Å². The van der Waals surface area contributed by atoms with Crippen LogP contribution in [0.5, 0.6) is 0 Å². The van der Waals surface area contributed by atoms with Gasteiger partial charge in [-0.3, -0.25) is 14.5 Å². The average Bonchev–Trinajstić information content (AvgIpc) is 3.26. The first kappa shape index (κ1) is 22.1. The van der Waals surface area contributed by atoms with Gasteiger partial charge >= 0.3 is 0 Å². The van der Waals surface area contributed by atoms with Gasteiger partial charge in [0.05, 0.1) is 18.2 Å². The Labute approximate surface area is 178 Å². The summed E-state index contributed by atoms with van der Waals surface area (Å²) < 4.78 is 5.70.